The summed E-state index contributed by atoms with van der Waals surface area (Å²) < 4.78 is 0. The number of hydrogen-bond acceptors (Lipinski definition) is 0. The van der Waals surface area contributed by atoms with Gasteiger partial charge in [0.05, 0.1) is 0 Å². The monoisotopic (exact) mass is 362 g/mol. The topological polar surface area (TPSA) is 0 Å². The first-order valence-corrected chi connectivity index (χ1v) is 10.8. The van der Waals surface area contributed by atoms with Crippen molar-refractivity contribution in [3.63, 3.8) is 0 Å². The molecular formula is C27H38. The van der Waals surface area contributed by atoms with Gasteiger partial charge in [0.2, 0.25) is 0 Å². The number of allylic oxidation sites excluding steroid dienone is 9. The summed E-state index contributed by atoms with van der Waals surface area (Å²) in [6, 6.07) is 10.3. The van der Waals surface area contributed by atoms with Gasteiger partial charge in [-0.05, 0) is 18.4 Å². The van der Waals surface area contributed by atoms with Crippen LogP contribution in [0.5, 0.6) is 0 Å². The van der Waals surface area contributed by atoms with Gasteiger partial charge in [0.15, 0.2) is 0 Å². The van der Waals surface area contributed by atoms with Gasteiger partial charge in [-0.2, -0.15) is 0 Å². The van der Waals surface area contributed by atoms with Crippen molar-refractivity contribution in [1.29, 1.82) is 0 Å². The molecule has 27 heavy (non-hydrogen) atoms. The molecule has 0 spiro atoms. The standard InChI is InChI=1S/C27H38/c1-2-3-4-5-6-7-8-9-10-11-12-13-14-15-16-17-18-19-21-24-27-25-22-20-23-26-27/h12-26H,2-11H2,1H3. The second kappa shape index (κ2) is 18.7. The second-order valence-corrected chi connectivity index (χ2v) is 6.97. The highest BCUT2D eigenvalue weighted by atomic mass is 14.0. The third-order valence-corrected chi connectivity index (χ3v) is 4.48. The Kier molecular flexibility index (Phi) is 15.9. The Morgan fingerprint density at radius 1 is 0.556 bits per heavy atom. The fourth-order valence-corrected chi connectivity index (χ4v) is 2.86. The van der Waals surface area contributed by atoms with Crippen LogP contribution in [0, 0.1) is 0 Å². The minimum atomic E-state index is 1.20. The van der Waals surface area contributed by atoms with E-state index in [-0.39, 0.29) is 0 Å². The van der Waals surface area contributed by atoms with E-state index in [1.165, 1.54) is 69.8 Å². The van der Waals surface area contributed by atoms with E-state index < -0.39 is 0 Å². The second-order valence-electron chi connectivity index (χ2n) is 6.97. The summed E-state index contributed by atoms with van der Waals surface area (Å²) in [6.07, 6.45) is 34.8. The zero-order valence-electron chi connectivity index (χ0n) is 17.2. The van der Waals surface area contributed by atoms with Gasteiger partial charge >= 0.3 is 0 Å². The molecule has 0 aliphatic carbocycles. The van der Waals surface area contributed by atoms with Crippen LogP contribution < -0.4 is 0 Å². The van der Waals surface area contributed by atoms with E-state index in [0.717, 1.165) is 0 Å². The van der Waals surface area contributed by atoms with Crippen molar-refractivity contribution in [3.05, 3.63) is 90.6 Å². The van der Waals surface area contributed by atoms with Crippen molar-refractivity contribution >= 4 is 6.08 Å². The molecule has 0 fully saturated rings. The lowest BCUT2D eigenvalue weighted by Gasteiger charge is -2.00. The van der Waals surface area contributed by atoms with Crippen molar-refractivity contribution in [3.8, 4) is 0 Å². The summed E-state index contributed by atoms with van der Waals surface area (Å²) in [5.74, 6) is 0. The quantitative estimate of drug-likeness (QED) is 0.216. The van der Waals surface area contributed by atoms with E-state index in [1.54, 1.807) is 0 Å². The molecule has 1 rings (SSSR count). The normalized spacial score (nSPS) is 12.6. The molecule has 0 aliphatic rings. The van der Waals surface area contributed by atoms with Crippen LogP contribution in [-0.2, 0) is 0 Å². The van der Waals surface area contributed by atoms with Gasteiger partial charge in [0, 0.05) is 0 Å². The first kappa shape index (κ1) is 23.0. The fraction of sp³-hybridized carbons (Fsp3) is 0.407. The maximum absolute atomic E-state index is 2.28. The molecule has 0 atom stereocenters. The van der Waals surface area contributed by atoms with Gasteiger partial charge in [-0.3, -0.25) is 0 Å². The van der Waals surface area contributed by atoms with Crippen molar-refractivity contribution < 1.29 is 0 Å². The molecular weight excluding hydrogens is 324 g/mol. The van der Waals surface area contributed by atoms with E-state index in [0.29, 0.717) is 0 Å². The Hall–Kier alpha value is -2.08. The lowest BCUT2D eigenvalue weighted by molar-refractivity contribution is 0.566. The zero-order chi connectivity index (χ0) is 19.3. The molecule has 0 saturated carbocycles. The number of rotatable bonds is 15. The third-order valence-electron chi connectivity index (χ3n) is 4.48. The largest absolute Gasteiger partial charge is 0.0845 e. The zero-order valence-corrected chi connectivity index (χ0v) is 17.2. The highest BCUT2D eigenvalue weighted by Crippen LogP contribution is 2.10. The molecule has 0 amide bonds. The Morgan fingerprint density at radius 3 is 1.70 bits per heavy atom. The van der Waals surface area contributed by atoms with Crippen molar-refractivity contribution in [1.82, 2.24) is 0 Å². The molecule has 0 heteroatoms. The first-order chi connectivity index (χ1) is 13.4. The van der Waals surface area contributed by atoms with Crippen LogP contribution in [0.2, 0.25) is 0 Å². The molecule has 0 nitrogen and oxygen atoms in total. The van der Waals surface area contributed by atoms with Gasteiger partial charge in [-0.25, -0.2) is 0 Å². The average molecular weight is 363 g/mol. The van der Waals surface area contributed by atoms with Crippen LogP contribution in [0.25, 0.3) is 6.08 Å². The SMILES string of the molecule is CCCCCCCCCCCC=CC=CC=CC=CC=Cc1ccccc1. The van der Waals surface area contributed by atoms with Gasteiger partial charge in [0.25, 0.3) is 0 Å². The average Bonchev–Trinajstić information content (AvgIpc) is 2.70. The molecule has 0 aliphatic heterocycles. The lowest BCUT2D eigenvalue weighted by atomic mass is 10.1. The number of hydrogen-bond donors (Lipinski definition) is 0. The summed E-state index contributed by atoms with van der Waals surface area (Å²) >= 11 is 0. The van der Waals surface area contributed by atoms with Crippen LogP contribution in [0.1, 0.15) is 76.7 Å². The van der Waals surface area contributed by atoms with Gasteiger partial charge in [0.1, 0.15) is 0 Å². The number of unbranched alkanes of at least 4 members (excludes halogenated alkanes) is 9. The molecule has 146 valence electrons. The smallest absolute Gasteiger partial charge is 0.0257 e. The molecule has 0 unspecified atom stereocenters. The van der Waals surface area contributed by atoms with Gasteiger partial charge in [-0.15, -0.1) is 0 Å². The highest BCUT2D eigenvalue weighted by molar-refractivity contribution is 5.50. The third kappa shape index (κ3) is 15.9. The molecule has 0 heterocycles. The maximum Gasteiger partial charge on any atom is -0.0257 e. The molecule has 1 aromatic rings. The summed E-state index contributed by atoms with van der Waals surface area (Å²) in [6.45, 7) is 2.28. The summed E-state index contributed by atoms with van der Waals surface area (Å²) in [5, 5.41) is 0. The van der Waals surface area contributed by atoms with E-state index >= 15 is 0 Å². The van der Waals surface area contributed by atoms with Crippen molar-refractivity contribution in [2.45, 2.75) is 71.1 Å². The molecule has 1 aromatic carbocycles. The van der Waals surface area contributed by atoms with Crippen molar-refractivity contribution in [2.24, 2.45) is 0 Å². The van der Waals surface area contributed by atoms with Gasteiger partial charge < -0.3 is 0 Å². The van der Waals surface area contributed by atoms with Crippen molar-refractivity contribution in [2.75, 3.05) is 0 Å². The Balaban J connectivity index is 1.96. The minimum absolute atomic E-state index is 1.20. The van der Waals surface area contributed by atoms with Crippen LogP contribution in [0.15, 0.2) is 85.0 Å². The Morgan fingerprint density at radius 2 is 1.07 bits per heavy atom. The summed E-state index contributed by atoms with van der Waals surface area (Å²) in [7, 11) is 0. The number of benzene rings is 1. The fourth-order valence-electron chi connectivity index (χ4n) is 2.86. The molecule has 0 aromatic heterocycles. The van der Waals surface area contributed by atoms with Crippen LogP contribution in [0.3, 0.4) is 0 Å². The van der Waals surface area contributed by atoms with Gasteiger partial charge in [-0.1, -0.05) is 149 Å². The lowest BCUT2D eigenvalue weighted by Crippen LogP contribution is -1.80. The Labute approximate surface area is 168 Å². The highest BCUT2D eigenvalue weighted by Gasteiger charge is 1.90. The molecule has 0 radical (unpaired) electrons. The minimum Gasteiger partial charge on any atom is -0.0845 e. The van der Waals surface area contributed by atoms with Crippen LogP contribution in [-0.4, -0.2) is 0 Å². The molecule has 0 N–H and O–H groups in total. The maximum atomic E-state index is 2.28. The Bertz CT molecular complexity index is 569. The molecule has 0 bridgehead atoms. The predicted molar refractivity (Wildman–Crippen MR) is 124 cm³/mol. The predicted octanol–water partition coefficient (Wildman–Crippen LogP) is 8.85. The van der Waals surface area contributed by atoms with E-state index in [2.05, 4.69) is 91.9 Å². The van der Waals surface area contributed by atoms with E-state index in [9.17, 15) is 0 Å². The molecule has 0 saturated heterocycles. The summed E-state index contributed by atoms with van der Waals surface area (Å²) in [5.41, 5.74) is 1.23. The van der Waals surface area contributed by atoms with Crippen LogP contribution >= 0.6 is 0 Å². The summed E-state index contributed by atoms with van der Waals surface area (Å²) in [4.78, 5) is 0. The van der Waals surface area contributed by atoms with E-state index in [1.807, 2.05) is 6.07 Å². The van der Waals surface area contributed by atoms with Crippen LogP contribution in [0.4, 0.5) is 0 Å². The first-order valence-electron chi connectivity index (χ1n) is 10.8. The van der Waals surface area contributed by atoms with E-state index in [4.69, 9.17) is 0 Å².